The van der Waals surface area contributed by atoms with Gasteiger partial charge in [-0.3, -0.25) is 4.79 Å². The Morgan fingerprint density at radius 3 is 2.07 bits per heavy atom. The molecule has 1 aromatic heterocycles. The maximum absolute atomic E-state index is 12.9. The Morgan fingerprint density at radius 1 is 0.750 bits per heavy atom. The lowest BCUT2D eigenvalue weighted by molar-refractivity contribution is 0.415. The monoisotopic (exact) mass is 367 g/mol. The van der Waals surface area contributed by atoms with Crippen molar-refractivity contribution in [3.8, 4) is 34.0 Å². The van der Waals surface area contributed by atoms with Crippen molar-refractivity contribution in [2.45, 2.75) is 6.92 Å². The summed E-state index contributed by atoms with van der Waals surface area (Å²) < 4.78 is 7.57. The minimum absolute atomic E-state index is 0.0175. The highest BCUT2D eigenvalue weighted by Crippen LogP contribution is 2.32. The third-order valence-electron chi connectivity index (χ3n) is 4.88. The van der Waals surface area contributed by atoms with Crippen LogP contribution in [0.25, 0.3) is 28.2 Å². The highest BCUT2D eigenvalue weighted by Gasteiger charge is 2.17. The molecule has 0 atom stereocenters. The lowest BCUT2D eigenvalue weighted by atomic mass is 10.0. The molecule has 0 N–H and O–H groups in total. The zero-order valence-corrected chi connectivity index (χ0v) is 15.9. The second-order valence-electron chi connectivity index (χ2n) is 6.64. The van der Waals surface area contributed by atoms with Crippen molar-refractivity contribution in [3.63, 3.8) is 0 Å². The summed E-state index contributed by atoms with van der Waals surface area (Å²) in [7, 11) is 1.65. The number of aromatic nitrogens is 1. The zero-order chi connectivity index (χ0) is 19.5. The summed E-state index contributed by atoms with van der Waals surface area (Å²) in [5.41, 5.74) is 5.39. The van der Waals surface area contributed by atoms with E-state index < -0.39 is 0 Å². The van der Waals surface area contributed by atoms with E-state index in [1.165, 1.54) is 0 Å². The van der Waals surface area contributed by atoms with Crippen LogP contribution in [0.5, 0.6) is 5.75 Å². The van der Waals surface area contributed by atoms with Crippen molar-refractivity contribution in [1.29, 1.82) is 0 Å². The quantitative estimate of drug-likeness (QED) is 0.478. The van der Waals surface area contributed by atoms with Crippen molar-refractivity contribution in [3.05, 3.63) is 107 Å². The molecule has 138 valence electrons. The minimum Gasteiger partial charge on any atom is -0.497 e. The maximum Gasteiger partial charge on any atom is 0.185 e. The number of hydrogen-bond acceptors (Lipinski definition) is 2. The smallest absolute Gasteiger partial charge is 0.185 e. The van der Waals surface area contributed by atoms with Crippen molar-refractivity contribution in [2.24, 2.45) is 0 Å². The normalized spacial score (nSPS) is 10.6. The van der Waals surface area contributed by atoms with Crippen LogP contribution in [0.4, 0.5) is 0 Å². The summed E-state index contributed by atoms with van der Waals surface area (Å²) in [6, 6.07) is 29.7. The minimum atomic E-state index is 0.0175. The number of benzene rings is 3. The van der Waals surface area contributed by atoms with E-state index in [9.17, 15) is 4.79 Å². The molecule has 3 aromatic carbocycles. The molecule has 0 unspecified atom stereocenters. The van der Waals surface area contributed by atoms with E-state index in [1.54, 1.807) is 13.2 Å². The Hall–Kier alpha value is -3.59. The Kier molecular flexibility index (Phi) is 4.81. The summed E-state index contributed by atoms with van der Waals surface area (Å²) in [6.45, 7) is 1.88. The summed E-state index contributed by atoms with van der Waals surface area (Å²) in [6.07, 6.45) is 0. The van der Waals surface area contributed by atoms with Crippen LogP contribution in [-0.2, 0) is 0 Å². The summed E-state index contributed by atoms with van der Waals surface area (Å²) in [5.74, 6) is 0.758. The van der Waals surface area contributed by atoms with Gasteiger partial charge in [-0.15, -0.1) is 0 Å². The number of nitrogens with zero attached hydrogens (tertiary/aromatic N) is 1. The first-order valence-electron chi connectivity index (χ1n) is 9.21. The Bertz CT molecular complexity index is 1160. The maximum atomic E-state index is 12.9. The third kappa shape index (κ3) is 3.23. The van der Waals surface area contributed by atoms with Gasteiger partial charge in [0.2, 0.25) is 0 Å². The van der Waals surface area contributed by atoms with Gasteiger partial charge >= 0.3 is 0 Å². The van der Waals surface area contributed by atoms with Gasteiger partial charge < -0.3 is 9.30 Å². The number of ether oxygens (including phenoxy) is 1. The number of hydrogen-bond donors (Lipinski definition) is 0. The molecule has 0 saturated carbocycles. The molecule has 3 nitrogen and oxygen atoms in total. The molecule has 0 aliphatic carbocycles. The van der Waals surface area contributed by atoms with Crippen molar-refractivity contribution in [1.82, 2.24) is 4.57 Å². The van der Waals surface area contributed by atoms with Crippen LogP contribution in [-0.4, -0.2) is 11.7 Å². The summed E-state index contributed by atoms with van der Waals surface area (Å²) in [4.78, 5) is 12.9. The predicted molar refractivity (Wildman–Crippen MR) is 114 cm³/mol. The zero-order valence-electron chi connectivity index (χ0n) is 15.9. The Morgan fingerprint density at radius 2 is 1.39 bits per heavy atom. The van der Waals surface area contributed by atoms with Crippen LogP contribution >= 0.6 is 0 Å². The first kappa shape index (κ1) is 17.8. The van der Waals surface area contributed by atoms with E-state index in [-0.39, 0.29) is 5.43 Å². The topological polar surface area (TPSA) is 31.2 Å². The fourth-order valence-electron chi connectivity index (χ4n) is 3.48. The van der Waals surface area contributed by atoms with Crippen molar-refractivity contribution in [2.75, 3.05) is 7.11 Å². The number of para-hydroxylation sites is 1. The van der Waals surface area contributed by atoms with Crippen LogP contribution in [0.3, 0.4) is 0 Å². The molecular formula is C25H21NO2. The van der Waals surface area contributed by atoms with Gasteiger partial charge in [0, 0.05) is 22.9 Å². The largest absolute Gasteiger partial charge is 0.497 e. The van der Waals surface area contributed by atoms with E-state index in [0.29, 0.717) is 5.56 Å². The van der Waals surface area contributed by atoms with E-state index in [0.717, 1.165) is 34.0 Å². The highest BCUT2D eigenvalue weighted by atomic mass is 16.5. The van der Waals surface area contributed by atoms with Gasteiger partial charge in [-0.25, -0.2) is 0 Å². The first-order valence-corrected chi connectivity index (χ1v) is 9.21. The van der Waals surface area contributed by atoms with Crippen LogP contribution in [0.1, 0.15) is 5.56 Å². The van der Waals surface area contributed by atoms with Crippen LogP contribution in [0, 0.1) is 6.92 Å². The third-order valence-corrected chi connectivity index (χ3v) is 4.88. The molecule has 0 bridgehead atoms. The molecule has 0 spiro atoms. The molecule has 0 saturated heterocycles. The van der Waals surface area contributed by atoms with Crippen molar-refractivity contribution >= 4 is 0 Å². The van der Waals surface area contributed by atoms with Gasteiger partial charge in [0.1, 0.15) is 5.75 Å². The molecule has 0 aliphatic heterocycles. The SMILES string of the molecule is COc1cccc(-c2c(C)c(=O)cc(-c3ccccc3)n2-c2ccccc2)c1. The summed E-state index contributed by atoms with van der Waals surface area (Å²) in [5, 5.41) is 0. The molecule has 4 rings (SSSR count). The van der Waals surface area contributed by atoms with Gasteiger partial charge in [-0.2, -0.15) is 0 Å². The van der Waals surface area contributed by atoms with E-state index in [2.05, 4.69) is 16.7 Å². The van der Waals surface area contributed by atoms with Gasteiger partial charge in [-0.1, -0.05) is 60.7 Å². The molecule has 28 heavy (non-hydrogen) atoms. The highest BCUT2D eigenvalue weighted by molar-refractivity contribution is 5.74. The number of pyridine rings is 1. The fourth-order valence-corrected chi connectivity index (χ4v) is 3.48. The fraction of sp³-hybridized carbons (Fsp3) is 0.0800. The standard InChI is InChI=1S/C25H21NO2/c1-18-24(27)17-23(19-10-5-3-6-11-19)26(21-13-7-4-8-14-21)25(18)20-12-9-15-22(16-20)28-2/h3-17H,1-2H3. The van der Waals surface area contributed by atoms with Gasteiger partial charge in [0.15, 0.2) is 5.43 Å². The number of rotatable bonds is 4. The average molecular weight is 367 g/mol. The molecular weight excluding hydrogens is 346 g/mol. The molecule has 0 radical (unpaired) electrons. The second kappa shape index (κ2) is 7.57. The lowest BCUT2D eigenvalue weighted by Crippen LogP contribution is -2.15. The molecule has 0 amide bonds. The first-order chi connectivity index (χ1) is 13.7. The Labute approximate surface area is 164 Å². The van der Waals surface area contributed by atoms with Gasteiger partial charge in [0.25, 0.3) is 0 Å². The predicted octanol–water partition coefficient (Wildman–Crippen LogP) is 5.49. The van der Waals surface area contributed by atoms with E-state index in [1.807, 2.05) is 79.7 Å². The molecule has 4 aromatic rings. The molecule has 0 fully saturated rings. The van der Waals surface area contributed by atoms with Crippen LogP contribution < -0.4 is 10.2 Å². The second-order valence-corrected chi connectivity index (χ2v) is 6.64. The van der Waals surface area contributed by atoms with Crippen LogP contribution in [0.2, 0.25) is 0 Å². The summed E-state index contributed by atoms with van der Waals surface area (Å²) >= 11 is 0. The van der Waals surface area contributed by atoms with Gasteiger partial charge in [0.05, 0.1) is 18.5 Å². The average Bonchev–Trinajstić information content (AvgIpc) is 2.76. The lowest BCUT2D eigenvalue weighted by Gasteiger charge is -2.21. The molecule has 3 heteroatoms. The molecule has 1 heterocycles. The van der Waals surface area contributed by atoms with Crippen LogP contribution in [0.15, 0.2) is 95.8 Å². The van der Waals surface area contributed by atoms with E-state index in [4.69, 9.17) is 4.74 Å². The van der Waals surface area contributed by atoms with Gasteiger partial charge in [-0.05, 0) is 36.8 Å². The van der Waals surface area contributed by atoms with Crippen molar-refractivity contribution < 1.29 is 4.74 Å². The number of methoxy groups -OCH3 is 1. The Balaban J connectivity index is 2.12. The molecule has 0 aliphatic rings. The van der Waals surface area contributed by atoms with E-state index >= 15 is 0 Å².